The van der Waals surface area contributed by atoms with Gasteiger partial charge in [-0.15, -0.1) is 0 Å². The fourth-order valence-electron chi connectivity index (χ4n) is 2.46. The van der Waals surface area contributed by atoms with Crippen LogP contribution in [-0.4, -0.2) is 40.8 Å². The van der Waals surface area contributed by atoms with Crippen molar-refractivity contribution in [2.75, 3.05) is 0 Å². The van der Waals surface area contributed by atoms with Crippen molar-refractivity contribution in [1.29, 1.82) is 0 Å². The molecule has 1 aliphatic carbocycles. The first-order valence-corrected chi connectivity index (χ1v) is 5.07. The van der Waals surface area contributed by atoms with Gasteiger partial charge in [0.05, 0.1) is 0 Å². The summed E-state index contributed by atoms with van der Waals surface area (Å²) in [4.78, 5) is 21.4. The average molecular weight is 228 g/mol. The summed E-state index contributed by atoms with van der Waals surface area (Å²) in [5.74, 6) is -2.05. The van der Waals surface area contributed by atoms with Crippen LogP contribution in [0.3, 0.4) is 0 Å². The minimum atomic E-state index is -1.50. The third-order valence-corrected chi connectivity index (χ3v) is 3.05. The van der Waals surface area contributed by atoms with Crippen LogP contribution in [0.15, 0.2) is 12.2 Å². The number of hydrogen-bond donors (Lipinski definition) is 1. The highest BCUT2D eigenvalue weighted by Gasteiger charge is 2.69. The fraction of sp³-hybridized carbons (Fsp3) is 0.700. The molecule has 0 saturated carbocycles. The first-order valence-electron chi connectivity index (χ1n) is 5.07. The van der Waals surface area contributed by atoms with E-state index in [9.17, 15) is 9.90 Å². The predicted molar refractivity (Wildman–Crippen MR) is 49.3 cm³/mol. The molecule has 2 bridgehead atoms. The van der Waals surface area contributed by atoms with E-state index in [4.69, 9.17) is 19.2 Å². The van der Waals surface area contributed by atoms with Gasteiger partial charge in [-0.3, -0.25) is 0 Å². The van der Waals surface area contributed by atoms with E-state index < -0.39 is 35.7 Å². The molecule has 0 aromatic carbocycles. The molecule has 0 aromatic rings. The van der Waals surface area contributed by atoms with E-state index in [1.54, 1.807) is 26.0 Å². The van der Waals surface area contributed by atoms with Gasteiger partial charge in [0, 0.05) is 0 Å². The normalized spacial score (nSPS) is 48.0. The van der Waals surface area contributed by atoms with Crippen molar-refractivity contribution in [3.8, 4) is 0 Å². The fourth-order valence-corrected chi connectivity index (χ4v) is 2.46. The van der Waals surface area contributed by atoms with E-state index in [2.05, 4.69) is 0 Å². The number of fused-ring (bicyclic) bond motifs is 1. The molecule has 4 rings (SSSR count). The summed E-state index contributed by atoms with van der Waals surface area (Å²) >= 11 is 0. The first-order chi connectivity index (χ1) is 7.46. The Balaban J connectivity index is 2.10. The van der Waals surface area contributed by atoms with E-state index >= 15 is 0 Å². The van der Waals surface area contributed by atoms with Crippen LogP contribution in [0.2, 0.25) is 0 Å². The maximum absolute atomic E-state index is 11.5. The summed E-state index contributed by atoms with van der Waals surface area (Å²) in [7, 11) is 0. The van der Waals surface area contributed by atoms with Crippen molar-refractivity contribution in [3.63, 3.8) is 0 Å². The van der Waals surface area contributed by atoms with Gasteiger partial charge < -0.3 is 14.6 Å². The molecule has 0 aromatic heterocycles. The van der Waals surface area contributed by atoms with Crippen LogP contribution < -0.4 is 0 Å². The maximum atomic E-state index is 11.5. The first kappa shape index (κ1) is 10.2. The summed E-state index contributed by atoms with van der Waals surface area (Å²) in [6.07, 6.45) is 1.39. The summed E-state index contributed by atoms with van der Waals surface area (Å²) in [5.41, 5.74) is -1.50. The van der Waals surface area contributed by atoms with Gasteiger partial charge in [0.15, 0.2) is 11.9 Å². The van der Waals surface area contributed by atoms with Crippen molar-refractivity contribution in [1.82, 2.24) is 0 Å². The van der Waals surface area contributed by atoms with Crippen LogP contribution in [-0.2, 0) is 24.0 Å². The number of aliphatic carboxylic acids is 1. The Morgan fingerprint density at radius 1 is 1.31 bits per heavy atom. The van der Waals surface area contributed by atoms with E-state index in [0.717, 1.165) is 0 Å². The molecule has 2 saturated heterocycles. The molecule has 16 heavy (non-hydrogen) atoms. The zero-order chi connectivity index (χ0) is 11.6. The molecule has 6 heteroatoms. The lowest BCUT2D eigenvalue weighted by Gasteiger charge is -2.43. The van der Waals surface area contributed by atoms with Gasteiger partial charge in [-0.1, -0.05) is 12.2 Å². The molecule has 4 atom stereocenters. The van der Waals surface area contributed by atoms with Crippen molar-refractivity contribution in [2.45, 2.75) is 43.5 Å². The summed E-state index contributed by atoms with van der Waals surface area (Å²) in [6.45, 7) is 3.35. The number of carboxylic acid groups (broad SMARTS) is 1. The number of carboxylic acids is 1. The van der Waals surface area contributed by atoms with Crippen LogP contribution in [0.5, 0.6) is 0 Å². The molecule has 3 aliphatic heterocycles. The van der Waals surface area contributed by atoms with Crippen LogP contribution in [0.4, 0.5) is 0 Å². The molecular formula is C10H12O6. The highest BCUT2D eigenvalue weighted by molar-refractivity contribution is 5.81. The van der Waals surface area contributed by atoms with Gasteiger partial charge in [0.2, 0.25) is 5.60 Å². The third kappa shape index (κ3) is 1.07. The SMILES string of the molecule is CC1(C)O[C@@H]2[C@@H]3C=C[C@@H](OO3)[C@]2(C(=O)O)O1. The molecule has 0 unspecified atom stereocenters. The van der Waals surface area contributed by atoms with E-state index in [1.807, 2.05) is 0 Å². The molecular weight excluding hydrogens is 216 g/mol. The Kier molecular flexibility index (Phi) is 1.81. The lowest BCUT2D eigenvalue weighted by Crippen LogP contribution is -2.66. The second kappa shape index (κ2) is 2.84. The summed E-state index contributed by atoms with van der Waals surface area (Å²) in [5, 5.41) is 9.38. The number of ether oxygens (including phenoxy) is 2. The Hall–Kier alpha value is -0.950. The van der Waals surface area contributed by atoms with Crippen molar-refractivity contribution in [3.05, 3.63) is 12.2 Å². The van der Waals surface area contributed by atoms with Gasteiger partial charge in [-0.2, -0.15) is 0 Å². The second-order valence-corrected chi connectivity index (χ2v) is 4.60. The molecule has 3 heterocycles. The zero-order valence-corrected chi connectivity index (χ0v) is 8.88. The van der Waals surface area contributed by atoms with Gasteiger partial charge in [-0.25, -0.2) is 14.6 Å². The number of hydrogen-bond acceptors (Lipinski definition) is 5. The number of carbonyl (C=O) groups is 1. The van der Waals surface area contributed by atoms with Crippen molar-refractivity contribution < 1.29 is 29.1 Å². The van der Waals surface area contributed by atoms with Gasteiger partial charge in [0.25, 0.3) is 0 Å². The molecule has 0 amide bonds. The minimum absolute atomic E-state index is 0.539. The van der Waals surface area contributed by atoms with Crippen LogP contribution in [0.25, 0.3) is 0 Å². The average Bonchev–Trinajstić information content (AvgIpc) is 2.53. The minimum Gasteiger partial charge on any atom is -0.479 e. The van der Waals surface area contributed by atoms with E-state index in [0.29, 0.717) is 0 Å². The summed E-state index contributed by atoms with van der Waals surface area (Å²) < 4.78 is 11.1. The molecule has 1 N–H and O–H groups in total. The molecule has 2 fully saturated rings. The Morgan fingerprint density at radius 2 is 2.06 bits per heavy atom. The molecule has 4 aliphatic rings. The Labute approximate surface area is 91.7 Å². The molecule has 0 radical (unpaired) electrons. The lowest BCUT2D eigenvalue weighted by atomic mass is 9.81. The Morgan fingerprint density at radius 3 is 2.56 bits per heavy atom. The third-order valence-electron chi connectivity index (χ3n) is 3.05. The lowest BCUT2D eigenvalue weighted by molar-refractivity contribution is -0.401. The number of rotatable bonds is 1. The smallest absolute Gasteiger partial charge is 0.342 e. The van der Waals surface area contributed by atoms with Crippen LogP contribution in [0, 0.1) is 0 Å². The highest BCUT2D eigenvalue weighted by atomic mass is 17.2. The molecule has 88 valence electrons. The predicted octanol–water partition coefficient (Wildman–Crippen LogP) is 0.230. The highest BCUT2D eigenvalue weighted by Crippen LogP contribution is 2.47. The van der Waals surface area contributed by atoms with E-state index in [-0.39, 0.29) is 0 Å². The quantitative estimate of drug-likeness (QED) is 0.511. The second-order valence-electron chi connectivity index (χ2n) is 4.60. The Bertz CT molecular complexity index is 376. The standard InChI is InChI=1S/C10H12O6/c1-9(2)13-7-5-3-4-6(15-14-5)10(7,16-9)8(11)12/h3-7H,1-2H3,(H,11,12)/t5-,6+,7+,10-/m0/s1. The molecule has 6 nitrogen and oxygen atoms in total. The van der Waals surface area contributed by atoms with Crippen LogP contribution in [0.1, 0.15) is 13.8 Å². The van der Waals surface area contributed by atoms with Gasteiger partial charge >= 0.3 is 5.97 Å². The van der Waals surface area contributed by atoms with Crippen molar-refractivity contribution in [2.24, 2.45) is 0 Å². The largest absolute Gasteiger partial charge is 0.479 e. The zero-order valence-electron chi connectivity index (χ0n) is 8.88. The van der Waals surface area contributed by atoms with E-state index in [1.165, 1.54) is 0 Å². The topological polar surface area (TPSA) is 74.2 Å². The van der Waals surface area contributed by atoms with Gasteiger partial charge in [-0.05, 0) is 13.8 Å². The summed E-state index contributed by atoms with van der Waals surface area (Å²) in [6, 6.07) is 0. The van der Waals surface area contributed by atoms with Gasteiger partial charge in [0.1, 0.15) is 12.2 Å². The molecule has 0 spiro atoms. The maximum Gasteiger partial charge on any atom is 0.342 e. The van der Waals surface area contributed by atoms with Crippen LogP contribution >= 0.6 is 0 Å². The van der Waals surface area contributed by atoms with Crippen molar-refractivity contribution >= 4 is 5.97 Å². The monoisotopic (exact) mass is 228 g/mol.